The number of rotatable bonds is 7. The van der Waals surface area contributed by atoms with Crippen LogP contribution in [0.15, 0.2) is 48.7 Å². The summed E-state index contributed by atoms with van der Waals surface area (Å²) in [5.74, 6) is 0.790. The zero-order valence-corrected chi connectivity index (χ0v) is 11.1. The zero-order valence-electron chi connectivity index (χ0n) is 11.1. The molecule has 0 saturated heterocycles. The van der Waals surface area contributed by atoms with Gasteiger partial charge in [0.2, 0.25) is 0 Å². The van der Waals surface area contributed by atoms with Crippen molar-refractivity contribution in [1.82, 2.24) is 4.98 Å². The van der Waals surface area contributed by atoms with Crippen LogP contribution in [0.4, 0.5) is 0 Å². The van der Waals surface area contributed by atoms with E-state index in [-0.39, 0.29) is 5.84 Å². The summed E-state index contributed by atoms with van der Waals surface area (Å²) in [7, 11) is 0. The van der Waals surface area contributed by atoms with Gasteiger partial charge in [-0.05, 0) is 29.8 Å². The Hall–Kier alpha value is -2.40. The molecule has 3 N–H and O–H groups in total. The van der Waals surface area contributed by atoms with Gasteiger partial charge in [0.15, 0.2) is 0 Å². The van der Waals surface area contributed by atoms with Gasteiger partial charge in [-0.15, -0.1) is 0 Å². The van der Waals surface area contributed by atoms with Crippen LogP contribution >= 0.6 is 0 Å². The van der Waals surface area contributed by atoms with Gasteiger partial charge in [0.1, 0.15) is 23.9 Å². The van der Waals surface area contributed by atoms with E-state index < -0.39 is 0 Å². The van der Waals surface area contributed by atoms with E-state index in [0.29, 0.717) is 25.5 Å². The first-order valence-corrected chi connectivity index (χ1v) is 6.30. The molecule has 0 amide bonds. The molecule has 20 heavy (non-hydrogen) atoms. The second-order valence-electron chi connectivity index (χ2n) is 4.18. The van der Waals surface area contributed by atoms with E-state index in [1.165, 1.54) is 0 Å². The van der Waals surface area contributed by atoms with Crippen molar-refractivity contribution in [3.63, 3.8) is 0 Å². The Morgan fingerprint density at radius 3 is 2.70 bits per heavy atom. The smallest absolute Gasteiger partial charge is 0.141 e. The molecule has 1 aromatic heterocycles. The number of benzene rings is 1. The van der Waals surface area contributed by atoms with Gasteiger partial charge in [0.25, 0.3) is 0 Å². The molecule has 104 valence electrons. The van der Waals surface area contributed by atoms with Crippen LogP contribution < -0.4 is 10.5 Å². The van der Waals surface area contributed by atoms with Crippen molar-refractivity contribution < 1.29 is 9.47 Å². The fourth-order valence-corrected chi connectivity index (χ4v) is 1.64. The summed E-state index contributed by atoms with van der Waals surface area (Å²) in [5, 5.41) is 7.32. The minimum Gasteiger partial charge on any atom is -0.491 e. The molecule has 1 aromatic carbocycles. The second-order valence-corrected chi connectivity index (χ2v) is 4.18. The zero-order chi connectivity index (χ0) is 14.2. The van der Waals surface area contributed by atoms with Crippen LogP contribution in [0.25, 0.3) is 0 Å². The Morgan fingerprint density at radius 2 is 1.95 bits per heavy atom. The number of amidine groups is 1. The molecule has 5 nitrogen and oxygen atoms in total. The fourth-order valence-electron chi connectivity index (χ4n) is 1.64. The van der Waals surface area contributed by atoms with Crippen LogP contribution in [0.5, 0.6) is 5.75 Å². The molecule has 0 fully saturated rings. The van der Waals surface area contributed by atoms with Crippen molar-refractivity contribution in [2.24, 2.45) is 5.73 Å². The van der Waals surface area contributed by atoms with Gasteiger partial charge in [-0.25, -0.2) is 0 Å². The molecule has 0 atom stereocenters. The second kappa shape index (κ2) is 7.25. The average molecular weight is 271 g/mol. The minimum absolute atomic E-state index is 0.0424. The summed E-state index contributed by atoms with van der Waals surface area (Å²) in [5.41, 5.74) is 6.78. The van der Waals surface area contributed by atoms with Crippen LogP contribution in [0, 0.1) is 5.41 Å². The lowest BCUT2D eigenvalue weighted by atomic mass is 10.2. The van der Waals surface area contributed by atoms with Gasteiger partial charge in [-0.1, -0.05) is 18.2 Å². The number of ether oxygens (including phenoxy) is 2. The summed E-state index contributed by atoms with van der Waals surface area (Å²) >= 11 is 0. The largest absolute Gasteiger partial charge is 0.491 e. The maximum Gasteiger partial charge on any atom is 0.141 e. The minimum atomic E-state index is -0.0424. The SMILES string of the molecule is N=C(N)c1cc(COCCOc2ccccc2)ccn1. The number of nitrogens with one attached hydrogen (secondary N) is 1. The predicted octanol–water partition coefficient (Wildman–Crippen LogP) is 1.96. The number of hydrogen-bond acceptors (Lipinski definition) is 4. The molecule has 1 heterocycles. The molecule has 0 aliphatic rings. The van der Waals surface area contributed by atoms with Gasteiger partial charge in [0.05, 0.1) is 13.2 Å². The lowest BCUT2D eigenvalue weighted by molar-refractivity contribution is 0.0889. The van der Waals surface area contributed by atoms with E-state index in [4.69, 9.17) is 20.6 Å². The van der Waals surface area contributed by atoms with E-state index in [2.05, 4.69) is 4.98 Å². The Kier molecular flexibility index (Phi) is 5.08. The average Bonchev–Trinajstić information content (AvgIpc) is 2.48. The summed E-state index contributed by atoms with van der Waals surface area (Å²) in [4.78, 5) is 3.99. The van der Waals surface area contributed by atoms with Crippen molar-refractivity contribution in [3.05, 3.63) is 59.9 Å². The molecule has 2 aromatic rings. The maximum atomic E-state index is 7.32. The van der Waals surface area contributed by atoms with E-state index in [1.54, 1.807) is 12.3 Å². The summed E-state index contributed by atoms with van der Waals surface area (Å²) in [6, 6.07) is 13.2. The molecule has 0 bridgehead atoms. The quantitative estimate of drug-likeness (QED) is 0.458. The first-order valence-electron chi connectivity index (χ1n) is 6.30. The van der Waals surface area contributed by atoms with Crippen molar-refractivity contribution in [2.75, 3.05) is 13.2 Å². The van der Waals surface area contributed by atoms with Crippen LogP contribution in [0.3, 0.4) is 0 Å². The molecule has 0 unspecified atom stereocenters. The lowest BCUT2D eigenvalue weighted by Gasteiger charge is -2.07. The standard InChI is InChI=1S/C15H17N3O2/c16-15(17)14-10-12(6-7-18-14)11-19-8-9-20-13-4-2-1-3-5-13/h1-7,10H,8-9,11H2,(H3,16,17). The molecule has 5 heteroatoms. The monoisotopic (exact) mass is 271 g/mol. The van der Waals surface area contributed by atoms with Crippen molar-refractivity contribution in [3.8, 4) is 5.75 Å². The van der Waals surface area contributed by atoms with Gasteiger partial charge >= 0.3 is 0 Å². The molecule has 0 aliphatic carbocycles. The Morgan fingerprint density at radius 1 is 1.15 bits per heavy atom. The summed E-state index contributed by atoms with van der Waals surface area (Å²) < 4.78 is 11.0. The van der Waals surface area contributed by atoms with E-state index in [9.17, 15) is 0 Å². The van der Waals surface area contributed by atoms with Crippen LogP contribution in [0.1, 0.15) is 11.3 Å². The number of nitrogens with two attached hydrogens (primary N) is 1. The number of para-hydroxylation sites is 1. The summed E-state index contributed by atoms with van der Waals surface area (Å²) in [6.07, 6.45) is 1.62. The van der Waals surface area contributed by atoms with Crippen molar-refractivity contribution in [2.45, 2.75) is 6.61 Å². The Labute approximate surface area is 117 Å². The Balaban J connectivity index is 1.71. The number of nitrogen functional groups attached to an aromatic ring is 1. The molecule has 0 radical (unpaired) electrons. The molecule has 0 saturated carbocycles. The number of nitrogens with zero attached hydrogens (tertiary/aromatic N) is 1. The Bertz CT molecular complexity index is 558. The fraction of sp³-hybridized carbons (Fsp3) is 0.200. The third-order valence-electron chi connectivity index (χ3n) is 2.61. The van der Waals surface area contributed by atoms with Crippen molar-refractivity contribution >= 4 is 5.84 Å². The van der Waals surface area contributed by atoms with Crippen LogP contribution in [-0.2, 0) is 11.3 Å². The summed E-state index contributed by atoms with van der Waals surface area (Å²) in [6.45, 7) is 1.43. The van der Waals surface area contributed by atoms with Gasteiger partial charge < -0.3 is 15.2 Å². The normalized spacial score (nSPS) is 10.2. The first kappa shape index (κ1) is 14.0. The third kappa shape index (κ3) is 4.37. The highest BCUT2D eigenvalue weighted by molar-refractivity contribution is 5.93. The molecular formula is C15H17N3O2. The van der Waals surface area contributed by atoms with Crippen LogP contribution in [-0.4, -0.2) is 24.0 Å². The van der Waals surface area contributed by atoms with E-state index in [1.807, 2.05) is 36.4 Å². The number of aromatic nitrogens is 1. The van der Waals surface area contributed by atoms with Gasteiger partial charge in [-0.2, -0.15) is 0 Å². The topological polar surface area (TPSA) is 81.2 Å². The number of hydrogen-bond donors (Lipinski definition) is 2. The first-order chi connectivity index (χ1) is 9.75. The van der Waals surface area contributed by atoms with E-state index in [0.717, 1.165) is 11.3 Å². The molecule has 2 rings (SSSR count). The number of pyridine rings is 1. The van der Waals surface area contributed by atoms with E-state index >= 15 is 0 Å². The van der Waals surface area contributed by atoms with Crippen molar-refractivity contribution in [1.29, 1.82) is 5.41 Å². The highest BCUT2D eigenvalue weighted by atomic mass is 16.5. The maximum absolute atomic E-state index is 7.32. The highest BCUT2D eigenvalue weighted by Crippen LogP contribution is 2.08. The van der Waals surface area contributed by atoms with Gasteiger partial charge in [-0.3, -0.25) is 10.4 Å². The highest BCUT2D eigenvalue weighted by Gasteiger charge is 2.00. The molecular weight excluding hydrogens is 254 g/mol. The predicted molar refractivity (Wildman–Crippen MR) is 76.8 cm³/mol. The van der Waals surface area contributed by atoms with Crippen LogP contribution in [0.2, 0.25) is 0 Å². The molecule has 0 spiro atoms. The lowest BCUT2D eigenvalue weighted by Crippen LogP contribution is -2.13. The molecule has 0 aliphatic heterocycles. The van der Waals surface area contributed by atoms with Gasteiger partial charge in [0, 0.05) is 6.20 Å². The third-order valence-corrected chi connectivity index (χ3v) is 2.61.